The fourth-order valence-corrected chi connectivity index (χ4v) is 5.14. The van der Waals surface area contributed by atoms with Crippen LogP contribution in [0.15, 0.2) is 23.0 Å². The summed E-state index contributed by atoms with van der Waals surface area (Å²) in [5.74, 6) is 0.621. The first kappa shape index (κ1) is 25.6. The lowest BCUT2D eigenvalue weighted by Gasteiger charge is -2.36. The van der Waals surface area contributed by atoms with Gasteiger partial charge in [0.15, 0.2) is 0 Å². The average molecular weight is 463 g/mol. The number of aliphatic hydroxyl groups excluding tert-OH is 3. The highest BCUT2D eigenvalue weighted by molar-refractivity contribution is 5.92. The molecule has 2 aromatic rings. The summed E-state index contributed by atoms with van der Waals surface area (Å²) in [6.45, 7) is 6.22. The zero-order valence-electron chi connectivity index (χ0n) is 19.8. The Labute approximate surface area is 194 Å². The van der Waals surface area contributed by atoms with E-state index >= 15 is 0 Å². The Morgan fingerprint density at radius 1 is 1.21 bits per heavy atom. The van der Waals surface area contributed by atoms with Gasteiger partial charge in [-0.15, -0.1) is 0 Å². The SMILES string of the molecule is CC(C)[C@@H]1CC[C@@H](C)C[C@H]1C(=O)n1c(=O)n(CCN)c2cc([C@H](O)NC(CO)CO)ccc21. The number of fused-ring (bicyclic) bond motifs is 1. The topological polar surface area (TPSA) is 143 Å². The number of hydrogen-bond donors (Lipinski definition) is 5. The number of carbonyl (C=O) groups is 1. The van der Waals surface area contributed by atoms with Crippen LogP contribution in [0.1, 0.15) is 56.6 Å². The lowest BCUT2D eigenvalue weighted by Crippen LogP contribution is -2.40. The Morgan fingerprint density at radius 2 is 1.91 bits per heavy atom. The maximum atomic E-state index is 13.8. The van der Waals surface area contributed by atoms with Crippen molar-refractivity contribution < 1.29 is 20.1 Å². The summed E-state index contributed by atoms with van der Waals surface area (Å²) in [6, 6.07) is 4.29. The van der Waals surface area contributed by atoms with Gasteiger partial charge in [0.25, 0.3) is 0 Å². The van der Waals surface area contributed by atoms with Crippen molar-refractivity contribution in [2.24, 2.45) is 29.4 Å². The molecule has 33 heavy (non-hydrogen) atoms. The average Bonchev–Trinajstić information content (AvgIpc) is 3.07. The van der Waals surface area contributed by atoms with Gasteiger partial charge in [-0.2, -0.15) is 0 Å². The van der Waals surface area contributed by atoms with Gasteiger partial charge in [-0.3, -0.25) is 14.7 Å². The molecule has 6 N–H and O–H groups in total. The number of benzene rings is 1. The van der Waals surface area contributed by atoms with E-state index in [9.17, 15) is 24.9 Å². The monoisotopic (exact) mass is 462 g/mol. The summed E-state index contributed by atoms with van der Waals surface area (Å²) in [5.41, 5.74) is 6.82. The van der Waals surface area contributed by atoms with Crippen molar-refractivity contribution in [1.29, 1.82) is 0 Å². The smallest absolute Gasteiger partial charge is 0.336 e. The lowest BCUT2D eigenvalue weighted by atomic mass is 9.69. The highest BCUT2D eigenvalue weighted by atomic mass is 16.3. The molecule has 0 spiro atoms. The third-order valence-electron chi connectivity index (χ3n) is 7.02. The van der Waals surface area contributed by atoms with Crippen LogP contribution in [0, 0.1) is 23.7 Å². The summed E-state index contributed by atoms with van der Waals surface area (Å²) in [4.78, 5) is 27.1. The van der Waals surface area contributed by atoms with Crippen LogP contribution in [-0.4, -0.2) is 56.2 Å². The van der Waals surface area contributed by atoms with Crippen LogP contribution in [-0.2, 0) is 6.54 Å². The molecule has 0 radical (unpaired) electrons. The summed E-state index contributed by atoms with van der Waals surface area (Å²) in [6.07, 6.45) is 1.67. The summed E-state index contributed by atoms with van der Waals surface area (Å²) < 4.78 is 2.77. The molecule has 1 aromatic heterocycles. The lowest BCUT2D eigenvalue weighted by molar-refractivity contribution is 0.0633. The molecule has 1 aliphatic carbocycles. The van der Waals surface area contributed by atoms with Crippen molar-refractivity contribution in [1.82, 2.24) is 14.5 Å². The second-order valence-corrected chi connectivity index (χ2v) is 9.71. The first-order valence-corrected chi connectivity index (χ1v) is 11.9. The van der Waals surface area contributed by atoms with Crippen LogP contribution >= 0.6 is 0 Å². The van der Waals surface area contributed by atoms with Crippen molar-refractivity contribution in [3.8, 4) is 0 Å². The van der Waals surface area contributed by atoms with Gasteiger partial charge in [0.1, 0.15) is 6.23 Å². The second kappa shape index (κ2) is 10.9. The van der Waals surface area contributed by atoms with Gasteiger partial charge in [0.2, 0.25) is 5.91 Å². The van der Waals surface area contributed by atoms with E-state index in [4.69, 9.17) is 5.73 Å². The minimum atomic E-state index is -1.16. The minimum Gasteiger partial charge on any atom is -0.395 e. The number of nitrogens with zero attached hydrogens (tertiary/aromatic N) is 2. The molecule has 4 atom stereocenters. The van der Waals surface area contributed by atoms with Crippen molar-refractivity contribution in [3.63, 3.8) is 0 Å². The molecular weight excluding hydrogens is 424 g/mol. The van der Waals surface area contributed by atoms with Gasteiger partial charge in [0, 0.05) is 19.0 Å². The van der Waals surface area contributed by atoms with Gasteiger partial charge in [-0.25, -0.2) is 9.36 Å². The van der Waals surface area contributed by atoms with E-state index in [-0.39, 0.29) is 44.0 Å². The predicted octanol–water partition coefficient (Wildman–Crippen LogP) is 1.04. The van der Waals surface area contributed by atoms with Gasteiger partial charge >= 0.3 is 5.69 Å². The Morgan fingerprint density at radius 3 is 2.52 bits per heavy atom. The second-order valence-electron chi connectivity index (χ2n) is 9.71. The number of hydrogen-bond acceptors (Lipinski definition) is 7. The Hall–Kier alpha value is -2.04. The molecule has 3 rings (SSSR count). The Bertz CT molecular complexity index is 1010. The quantitative estimate of drug-likeness (QED) is 0.351. The number of nitrogens with one attached hydrogen (secondary N) is 1. The minimum absolute atomic E-state index is 0.168. The van der Waals surface area contributed by atoms with Crippen LogP contribution < -0.4 is 16.7 Å². The maximum Gasteiger partial charge on any atom is 0.336 e. The van der Waals surface area contributed by atoms with E-state index in [0.717, 1.165) is 19.3 Å². The van der Waals surface area contributed by atoms with Crippen molar-refractivity contribution in [2.45, 2.75) is 58.8 Å². The molecule has 0 saturated heterocycles. The molecule has 1 aliphatic rings. The molecule has 0 amide bonds. The number of nitrogens with two attached hydrogens (primary N) is 1. The van der Waals surface area contributed by atoms with Crippen LogP contribution in [0.2, 0.25) is 0 Å². The van der Waals surface area contributed by atoms with Gasteiger partial charge in [-0.1, -0.05) is 33.3 Å². The zero-order chi connectivity index (χ0) is 24.3. The van der Waals surface area contributed by atoms with Crippen LogP contribution in [0.5, 0.6) is 0 Å². The summed E-state index contributed by atoms with van der Waals surface area (Å²) in [7, 11) is 0. The standard InChI is InChI=1S/C24H38N4O5/c1-14(2)18-6-4-15(3)10-19(18)23(32)28-20-7-5-16(22(31)26-17(12-29)13-30)11-21(20)27(9-8-25)24(28)33/h5,7,11,14-15,17-19,22,26,29-31H,4,6,8-10,12-13,25H2,1-3H3/t15-,18+,19-,22+/m1/s1. The van der Waals surface area contributed by atoms with Gasteiger partial charge < -0.3 is 21.1 Å². The fourth-order valence-electron chi connectivity index (χ4n) is 5.14. The van der Waals surface area contributed by atoms with E-state index < -0.39 is 18.0 Å². The van der Waals surface area contributed by atoms with E-state index in [0.29, 0.717) is 28.4 Å². The van der Waals surface area contributed by atoms with E-state index in [2.05, 4.69) is 26.1 Å². The van der Waals surface area contributed by atoms with Crippen LogP contribution in [0.4, 0.5) is 0 Å². The van der Waals surface area contributed by atoms with Crippen molar-refractivity contribution >= 4 is 16.9 Å². The molecule has 0 unspecified atom stereocenters. The van der Waals surface area contributed by atoms with Gasteiger partial charge in [-0.05, 0) is 48.3 Å². The molecule has 0 aliphatic heterocycles. The number of imidazole rings is 1. The molecule has 9 heteroatoms. The van der Waals surface area contributed by atoms with E-state index in [1.54, 1.807) is 18.2 Å². The highest BCUT2D eigenvalue weighted by Crippen LogP contribution is 2.39. The number of rotatable bonds is 9. The third kappa shape index (κ3) is 5.22. The molecule has 1 fully saturated rings. The molecule has 1 saturated carbocycles. The van der Waals surface area contributed by atoms with Crippen molar-refractivity contribution in [2.75, 3.05) is 19.8 Å². The first-order valence-electron chi connectivity index (χ1n) is 11.9. The number of aliphatic hydroxyl groups is 3. The zero-order valence-corrected chi connectivity index (χ0v) is 19.8. The van der Waals surface area contributed by atoms with Crippen LogP contribution in [0.3, 0.4) is 0 Å². The molecule has 1 aromatic carbocycles. The third-order valence-corrected chi connectivity index (χ3v) is 7.02. The number of aromatic nitrogens is 2. The Balaban J connectivity index is 2.06. The molecule has 9 nitrogen and oxygen atoms in total. The molecule has 1 heterocycles. The molecular formula is C24H38N4O5. The summed E-state index contributed by atoms with van der Waals surface area (Å²) >= 11 is 0. The first-order chi connectivity index (χ1) is 15.7. The largest absolute Gasteiger partial charge is 0.395 e. The van der Waals surface area contributed by atoms with Crippen LogP contribution in [0.25, 0.3) is 11.0 Å². The van der Waals surface area contributed by atoms with Crippen molar-refractivity contribution in [3.05, 3.63) is 34.2 Å². The van der Waals surface area contributed by atoms with Gasteiger partial charge in [0.05, 0.1) is 30.3 Å². The normalized spacial score (nSPS) is 22.4. The fraction of sp³-hybridized carbons (Fsp3) is 0.667. The highest BCUT2D eigenvalue weighted by Gasteiger charge is 2.37. The maximum absolute atomic E-state index is 13.8. The van der Waals surface area contributed by atoms with E-state index in [1.807, 2.05) is 0 Å². The summed E-state index contributed by atoms with van der Waals surface area (Å²) in [5, 5.41) is 31.8. The Kier molecular flexibility index (Phi) is 8.47. The van der Waals surface area contributed by atoms with E-state index in [1.165, 1.54) is 9.13 Å². The molecule has 184 valence electrons. The predicted molar refractivity (Wildman–Crippen MR) is 127 cm³/mol. The number of carbonyl (C=O) groups excluding carboxylic acids is 1. The molecule has 0 bridgehead atoms.